The van der Waals surface area contributed by atoms with Gasteiger partial charge in [0.1, 0.15) is 5.92 Å². The summed E-state index contributed by atoms with van der Waals surface area (Å²) in [5.74, 6) is -0.593. The lowest BCUT2D eigenvalue weighted by molar-refractivity contribution is -0.143. The van der Waals surface area contributed by atoms with Gasteiger partial charge < -0.3 is 9.47 Å². The van der Waals surface area contributed by atoms with Gasteiger partial charge in [-0.1, -0.05) is 30.3 Å². The molecule has 0 radical (unpaired) electrons. The van der Waals surface area contributed by atoms with Gasteiger partial charge in [0.25, 0.3) is 0 Å². The molecule has 14 heavy (non-hydrogen) atoms. The summed E-state index contributed by atoms with van der Waals surface area (Å²) in [6, 6.07) is 9.47. The maximum atomic E-state index is 11.4. The lowest BCUT2D eigenvalue weighted by Gasteiger charge is -2.13. The van der Waals surface area contributed by atoms with Gasteiger partial charge in [0, 0.05) is 7.11 Å². The second-order valence-electron chi connectivity index (χ2n) is 2.94. The Morgan fingerprint density at radius 2 is 1.93 bits per heavy atom. The number of hydrogen-bond acceptors (Lipinski definition) is 3. The van der Waals surface area contributed by atoms with Crippen molar-refractivity contribution in [2.45, 2.75) is 5.92 Å². The minimum absolute atomic E-state index is 0.266. The molecule has 76 valence electrons. The molecule has 3 nitrogen and oxygen atoms in total. The average molecular weight is 194 g/mol. The Morgan fingerprint density at radius 3 is 2.43 bits per heavy atom. The van der Waals surface area contributed by atoms with Crippen molar-refractivity contribution in [1.29, 1.82) is 0 Å². The molecule has 0 aliphatic heterocycles. The van der Waals surface area contributed by atoms with Crippen molar-refractivity contribution in [2.75, 3.05) is 20.8 Å². The van der Waals surface area contributed by atoms with E-state index < -0.39 is 0 Å². The molecular weight excluding hydrogens is 180 g/mol. The Hall–Kier alpha value is -1.35. The van der Waals surface area contributed by atoms with E-state index in [1.807, 2.05) is 30.3 Å². The normalized spacial score (nSPS) is 12.1. The van der Waals surface area contributed by atoms with Crippen molar-refractivity contribution in [1.82, 2.24) is 0 Å². The van der Waals surface area contributed by atoms with E-state index in [-0.39, 0.29) is 11.9 Å². The zero-order chi connectivity index (χ0) is 10.4. The maximum absolute atomic E-state index is 11.4. The predicted molar refractivity (Wildman–Crippen MR) is 53.1 cm³/mol. The van der Waals surface area contributed by atoms with E-state index in [1.165, 1.54) is 7.11 Å². The summed E-state index contributed by atoms with van der Waals surface area (Å²) in [5, 5.41) is 0. The highest BCUT2D eigenvalue weighted by atomic mass is 16.5. The Labute approximate surface area is 83.6 Å². The lowest BCUT2D eigenvalue weighted by Crippen LogP contribution is -2.18. The van der Waals surface area contributed by atoms with E-state index in [0.29, 0.717) is 6.61 Å². The number of carbonyl (C=O) groups is 1. The topological polar surface area (TPSA) is 35.5 Å². The third-order valence-corrected chi connectivity index (χ3v) is 2.02. The monoisotopic (exact) mass is 194 g/mol. The van der Waals surface area contributed by atoms with Crippen LogP contribution < -0.4 is 0 Å². The second-order valence-corrected chi connectivity index (χ2v) is 2.94. The van der Waals surface area contributed by atoms with Gasteiger partial charge in [-0.05, 0) is 5.56 Å². The third-order valence-electron chi connectivity index (χ3n) is 2.02. The van der Waals surface area contributed by atoms with Crippen LogP contribution in [0.4, 0.5) is 0 Å². The molecule has 0 aromatic heterocycles. The van der Waals surface area contributed by atoms with Crippen molar-refractivity contribution in [3.63, 3.8) is 0 Å². The molecule has 0 aliphatic carbocycles. The standard InChI is InChI=1S/C11H14O3/c1-13-8-10(11(12)14-2)9-6-4-3-5-7-9/h3-7,10H,8H2,1-2H3/t10-/m0/s1. The van der Waals surface area contributed by atoms with E-state index in [4.69, 9.17) is 9.47 Å². The highest BCUT2D eigenvalue weighted by Gasteiger charge is 2.20. The lowest BCUT2D eigenvalue weighted by atomic mass is 10.0. The van der Waals surface area contributed by atoms with E-state index >= 15 is 0 Å². The molecule has 0 N–H and O–H groups in total. The largest absolute Gasteiger partial charge is 0.468 e. The summed E-state index contributed by atoms with van der Waals surface area (Å²) in [6.45, 7) is 0.344. The Bertz CT molecular complexity index is 282. The summed E-state index contributed by atoms with van der Waals surface area (Å²) in [6.07, 6.45) is 0. The van der Waals surface area contributed by atoms with Gasteiger partial charge >= 0.3 is 5.97 Å². The van der Waals surface area contributed by atoms with Crippen LogP contribution in [0.1, 0.15) is 11.5 Å². The Morgan fingerprint density at radius 1 is 1.29 bits per heavy atom. The smallest absolute Gasteiger partial charge is 0.315 e. The number of benzene rings is 1. The summed E-state index contributed by atoms with van der Waals surface area (Å²) in [7, 11) is 2.95. The molecular formula is C11H14O3. The molecule has 1 aromatic rings. The van der Waals surface area contributed by atoms with Gasteiger partial charge in [0.2, 0.25) is 0 Å². The van der Waals surface area contributed by atoms with Crippen molar-refractivity contribution in [2.24, 2.45) is 0 Å². The molecule has 0 amide bonds. The van der Waals surface area contributed by atoms with E-state index in [1.54, 1.807) is 7.11 Å². The third kappa shape index (κ3) is 2.57. The summed E-state index contributed by atoms with van der Waals surface area (Å²) in [4.78, 5) is 11.4. The first-order valence-corrected chi connectivity index (χ1v) is 4.41. The molecule has 0 bridgehead atoms. The average Bonchev–Trinajstić information content (AvgIpc) is 2.26. The number of rotatable bonds is 4. The first-order chi connectivity index (χ1) is 6.79. The maximum Gasteiger partial charge on any atom is 0.315 e. The SMILES string of the molecule is COC[C@H](C(=O)OC)c1ccccc1. The number of esters is 1. The molecule has 1 rings (SSSR count). The van der Waals surface area contributed by atoms with Crippen molar-refractivity contribution < 1.29 is 14.3 Å². The van der Waals surface area contributed by atoms with Crippen molar-refractivity contribution in [3.8, 4) is 0 Å². The summed E-state index contributed by atoms with van der Waals surface area (Å²) in [5.41, 5.74) is 0.918. The van der Waals surface area contributed by atoms with Crippen LogP contribution >= 0.6 is 0 Å². The molecule has 0 saturated heterocycles. The van der Waals surface area contributed by atoms with Gasteiger partial charge in [-0.15, -0.1) is 0 Å². The zero-order valence-corrected chi connectivity index (χ0v) is 8.40. The van der Waals surface area contributed by atoms with Crippen LogP contribution in [0, 0.1) is 0 Å². The highest BCUT2D eigenvalue weighted by Crippen LogP contribution is 2.16. The predicted octanol–water partition coefficient (Wildman–Crippen LogP) is 1.59. The van der Waals surface area contributed by atoms with Gasteiger partial charge in [-0.3, -0.25) is 4.79 Å². The molecule has 1 aromatic carbocycles. The number of hydrogen-bond donors (Lipinski definition) is 0. The molecule has 0 unspecified atom stereocenters. The molecule has 0 spiro atoms. The fourth-order valence-electron chi connectivity index (χ4n) is 1.29. The van der Waals surface area contributed by atoms with E-state index in [0.717, 1.165) is 5.56 Å². The molecule has 0 aliphatic rings. The van der Waals surface area contributed by atoms with E-state index in [9.17, 15) is 4.79 Å². The molecule has 1 atom stereocenters. The molecule has 0 fully saturated rings. The summed E-state index contributed by atoms with van der Waals surface area (Å²) < 4.78 is 9.68. The van der Waals surface area contributed by atoms with Crippen LogP contribution in [-0.2, 0) is 14.3 Å². The van der Waals surface area contributed by atoms with E-state index in [2.05, 4.69) is 0 Å². The molecule has 3 heteroatoms. The minimum Gasteiger partial charge on any atom is -0.468 e. The van der Waals surface area contributed by atoms with Crippen LogP contribution in [0.25, 0.3) is 0 Å². The zero-order valence-electron chi connectivity index (χ0n) is 8.40. The number of carbonyl (C=O) groups excluding carboxylic acids is 1. The number of methoxy groups -OCH3 is 2. The quantitative estimate of drug-likeness (QED) is 0.683. The van der Waals surface area contributed by atoms with Gasteiger partial charge in [0.05, 0.1) is 13.7 Å². The van der Waals surface area contributed by atoms with Gasteiger partial charge in [0.15, 0.2) is 0 Å². The van der Waals surface area contributed by atoms with Crippen LogP contribution in [0.5, 0.6) is 0 Å². The van der Waals surface area contributed by atoms with Crippen molar-refractivity contribution >= 4 is 5.97 Å². The molecule has 0 heterocycles. The highest BCUT2D eigenvalue weighted by molar-refractivity contribution is 5.78. The first-order valence-electron chi connectivity index (χ1n) is 4.41. The minimum atomic E-state index is -0.328. The van der Waals surface area contributed by atoms with Gasteiger partial charge in [-0.2, -0.15) is 0 Å². The Balaban J connectivity index is 2.83. The first kappa shape index (κ1) is 10.7. The number of ether oxygens (including phenoxy) is 2. The second kappa shape index (κ2) is 5.40. The van der Waals surface area contributed by atoms with Crippen LogP contribution in [0.15, 0.2) is 30.3 Å². The summed E-state index contributed by atoms with van der Waals surface area (Å²) >= 11 is 0. The molecule has 0 saturated carbocycles. The Kier molecular flexibility index (Phi) is 4.13. The fourth-order valence-corrected chi connectivity index (χ4v) is 1.29. The van der Waals surface area contributed by atoms with Crippen LogP contribution in [0.3, 0.4) is 0 Å². The van der Waals surface area contributed by atoms with Gasteiger partial charge in [-0.25, -0.2) is 0 Å². The fraction of sp³-hybridized carbons (Fsp3) is 0.364. The van der Waals surface area contributed by atoms with Crippen molar-refractivity contribution in [3.05, 3.63) is 35.9 Å². The van der Waals surface area contributed by atoms with Crippen LogP contribution in [-0.4, -0.2) is 26.8 Å². The van der Waals surface area contributed by atoms with Crippen LogP contribution in [0.2, 0.25) is 0 Å².